The highest BCUT2D eigenvalue weighted by molar-refractivity contribution is 7.17. The molecular weight excluding hydrogens is 492 g/mol. The summed E-state index contributed by atoms with van der Waals surface area (Å²) < 4.78 is 12.7. The highest BCUT2D eigenvalue weighted by atomic mass is 35.5. The second kappa shape index (κ2) is 10.5. The summed E-state index contributed by atoms with van der Waals surface area (Å²) in [5, 5.41) is 7.27. The molecule has 5 heterocycles. The number of halogens is 1. The van der Waals surface area contributed by atoms with Gasteiger partial charge in [0.05, 0.1) is 18.8 Å². The number of pyridine rings is 1. The standard InChI is InChI=1S/C23H23ClN6O4S/c24-19-10-16(34-28-19)4-6-21(31)30(14-17-2-1-9-33-17)23-27-12-18(35-23)22(32)26-11-15-3-5-20-25-7-8-29(20)13-15/h3,5,7-8,10,12-13,17H,1-2,4,6,9,11,14H2,(H,26,32). The summed E-state index contributed by atoms with van der Waals surface area (Å²) in [5.74, 6) is 0.150. The number of rotatable bonds is 9. The fourth-order valence-corrected chi connectivity index (χ4v) is 4.90. The van der Waals surface area contributed by atoms with Gasteiger partial charge in [-0.15, -0.1) is 0 Å². The van der Waals surface area contributed by atoms with Gasteiger partial charge in [-0.2, -0.15) is 0 Å². The number of amides is 2. The van der Waals surface area contributed by atoms with Crippen LogP contribution in [0.5, 0.6) is 0 Å². The van der Waals surface area contributed by atoms with Gasteiger partial charge in [-0.1, -0.05) is 34.2 Å². The molecule has 0 radical (unpaired) electrons. The number of carbonyl (C=O) groups is 2. The number of fused-ring (bicyclic) bond motifs is 1. The van der Waals surface area contributed by atoms with Crippen molar-refractivity contribution >= 4 is 45.5 Å². The minimum absolute atomic E-state index is 0.0575. The number of nitrogens with zero attached hydrogens (tertiary/aromatic N) is 5. The van der Waals surface area contributed by atoms with E-state index >= 15 is 0 Å². The Balaban J connectivity index is 1.25. The predicted octanol–water partition coefficient (Wildman–Crippen LogP) is 3.51. The molecule has 1 atom stereocenters. The first-order valence-corrected chi connectivity index (χ1v) is 12.4. The van der Waals surface area contributed by atoms with E-state index in [0.717, 1.165) is 24.1 Å². The van der Waals surface area contributed by atoms with Crippen molar-refractivity contribution in [2.24, 2.45) is 0 Å². The first kappa shape index (κ1) is 23.5. The molecule has 0 bridgehead atoms. The Morgan fingerprint density at radius 1 is 1.31 bits per heavy atom. The molecule has 182 valence electrons. The summed E-state index contributed by atoms with van der Waals surface area (Å²) in [5.41, 5.74) is 1.78. The average Bonchev–Trinajstić information content (AvgIpc) is 3.66. The zero-order valence-electron chi connectivity index (χ0n) is 18.7. The van der Waals surface area contributed by atoms with Gasteiger partial charge >= 0.3 is 0 Å². The van der Waals surface area contributed by atoms with Gasteiger partial charge in [0.25, 0.3) is 5.91 Å². The van der Waals surface area contributed by atoms with E-state index in [1.807, 2.05) is 28.9 Å². The van der Waals surface area contributed by atoms with Crippen LogP contribution < -0.4 is 10.2 Å². The van der Waals surface area contributed by atoms with E-state index in [1.54, 1.807) is 17.2 Å². The molecule has 4 aromatic heterocycles. The van der Waals surface area contributed by atoms with Crippen molar-refractivity contribution < 1.29 is 18.8 Å². The van der Waals surface area contributed by atoms with Crippen LogP contribution in [0.1, 0.15) is 40.3 Å². The number of aromatic nitrogens is 4. The molecule has 2 amide bonds. The second-order valence-electron chi connectivity index (χ2n) is 8.18. The monoisotopic (exact) mass is 514 g/mol. The zero-order chi connectivity index (χ0) is 24.2. The van der Waals surface area contributed by atoms with E-state index in [4.69, 9.17) is 20.9 Å². The number of ether oxygens (including phenoxy) is 1. The fraction of sp³-hybridized carbons (Fsp3) is 0.348. The van der Waals surface area contributed by atoms with E-state index in [9.17, 15) is 9.59 Å². The normalized spacial score (nSPS) is 15.5. The second-order valence-corrected chi connectivity index (χ2v) is 9.57. The van der Waals surface area contributed by atoms with Gasteiger partial charge in [0.15, 0.2) is 10.3 Å². The van der Waals surface area contributed by atoms with Gasteiger partial charge < -0.3 is 19.0 Å². The Morgan fingerprint density at radius 2 is 2.23 bits per heavy atom. The Hall–Kier alpha value is -3.28. The molecule has 1 saturated heterocycles. The van der Waals surface area contributed by atoms with Gasteiger partial charge in [-0.05, 0) is 24.5 Å². The molecule has 5 rings (SSSR count). The maximum absolute atomic E-state index is 13.1. The van der Waals surface area contributed by atoms with Crippen LogP contribution >= 0.6 is 22.9 Å². The summed E-state index contributed by atoms with van der Waals surface area (Å²) in [6.45, 7) is 1.42. The number of carbonyl (C=O) groups excluding carboxylic acids is 2. The Morgan fingerprint density at radius 3 is 3.03 bits per heavy atom. The average molecular weight is 515 g/mol. The van der Waals surface area contributed by atoms with Crippen molar-refractivity contribution in [1.29, 1.82) is 0 Å². The maximum atomic E-state index is 13.1. The van der Waals surface area contributed by atoms with E-state index in [-0.39, 0.29) is 29.5 Å². The molecule has 10 nitrogen and oxygen atoms in total. The minimum atomic E-state index is -0.250. The number of aryl methyl sites for hydroxylation is 1. The first-order chi connectivity index (χ1) is 17.0. The molecule has 1 fully saturated rings. The van der Waals surface area contributed by atoms with Crippen molar-refractivity contribution in [3.05, 3.63) is 64.3 Å². The third-order valence-corrected chi connectivity index (χ3v) is 6.88. The van der Waals surface area contributed by atoms with Gasteiger partial charge in [0.1, 0.15) is 16.3 Å². The smallest absolute Gasteiger partial charge is 0.263 e. The lowest BCUT2D eigenvalue weighted by molar-refractivity contribution is -0.119. The molecule has 1 aliphatic rings. The summed E-state index contributed by atoms with van der Waals surface area (Å²) in [6.07, 6.45) is 9.33. The molecule has 1 N–H and O–H groups in total. The molecule has 0 saturated carbocycles. The lowest BCUT2D eigenvalue weighted by Crippen LogP contribution is -2.37. The number of hydrogen-bond acceptors (Lipinski definition) is 8. The quantitative estimate of drug-likeness (QED) is 0.363. The topological polar surface area (TPSA) is 115 Å². The van der Waals surface area contributed by atoms with Crippen LogP contribution in [0.2, 0.25) is 5.15 Å². The van der Waals surface area contributed by atoms with Crippen LogP contribution in [0.15, 0.2) is 47.5 Å². The van der Waals surface area contributed by atoms with Crippen LogP contribution in [-0.4, -0.2) is 50.6 Å². The van der Waals surface area contributed by atoms with Crippen LogP contribution in [-0.2, 0) is 22.5 Å². The molecule has 35 heavy (non-hydrogen) atoms. The zero-order valence-corrected chi connectivity index (χ0v) is 20.3. The number of imidazole rings is 1. The number of anilines is 1. The predicted molar refractivity (Wildman–Crippen MR) is 130 cm³/mol. The van der Waals surface area contributed by atoms with E-state index in [2.05, 4.69) is 20.4 Å². The first-order valence-electron chi connectivity index (χ1n) is 11.2. The van der Waals surface area contributed by atoms with Crippen LogP contribution in [0, 0.1) is 0 Å². The molecular formula is C23H23ClN6O4S. The molecule has 0 aliphatic carbocycles. The van der Waals surface area contributed by atoms with Crippen LogP contribution in [0.3, 0.4) is 0 Å². The molecule has 12 heteroatoms. The molecule has 0 aromatic carbocycles. The summed E-state index contributed by atoms with van der Waals surface area (Å²) >= 11 is 6.98. The highest BCUT2D eigenvalue weighted by Gasteiger charge is 2.26. The van der Waals surface area contributed by atoms with Gasteiger partial charge in [-0.3, -0.25) is 14.5 Å². The van der Waals surface area contributed by atoms with Crippen LogP contribution in [0.25, 0.3) is 5.65 Å². The van der Waals surface area contributed by atoms with Crippen molar-refractivity contribution in [3.8, 4) is 0 Å². The summed E-state index contributed by atoms with van der Waals surface area (Å²) in [7, 11) is 0. The van der Waals surface area contributed by atoms with Crippen LogP contribution in [0.4, 0.5) is 5.13 Å². The molecule has 1 unspecified atom stereocenters. The van der Waals surface area contributed by atoms with Crippen molar-refractivity contribution in [2.75, 3.05) is 18.1 Å². The summed E-state index contributed by atoms with van der Waals surface area (Å²) in [4.78, 5) is 36.5. The van der Waals surface area contributed by atoms with Gasteiger partial charge in [0.2, 0.25) is 5.91 Å². The van der Waals surface area contributed by atoms with E-state index < -0.39 is 0 Å². The molecule has 1 aliphatic heterocycles. The summed E-state index contributed by atoms with van der Waals surface area (Å²) in [6, 6.07) is 5.41. The number of nitrogens with one attached hydrogen (secondary N) is 1. The lowest BCUT2D eigenvalue weighted by atomic mass is 10.2. The third kappa shape index (κ3) is 5.69. The minimum Gasteiger partial charge on any atom is -0.376 e. The lowest BCUT2D eigenvalue weighted by Gasteiger charge is -2.23. The van der Waals surface area contributed by atoms with E-state index in [1.165, 1.54) is 17.5 Å². The third-order valence-electron chi connectivity index (χ3n) is 5.68. The highest BCUT2D eigenvalue weighted by Crippen LogP contribution is 2.26. The van der Waals surface area contributed by atoms with Gasteiger partial charge in [-0.25, -0.2) is 9.97 Å². The SMILES string of the molecule is O=C(NCc1ccc2nccn2c1)c1cnc(N(CC2CCCO2)C(=O)CCc2cc(Cl)no2)s1. The molecule has 4 aromatic rings. The van der Waals surface area contributed by atoms with Crippen molar-refractivity contribution in [1.82, 2.24) is 24.8 Å². The van der Waals surface area contributed by atoms with Crippen molar-refractivity contribution in [3.63, 3.8) is 0 Å². The molecule has 0 spiro atoms. The Bertz CT molecular complexity index is 1330. The number of thiazole rings is 1. The van der Waals surface area contributed by atoms with E-state index in [0.29, 0.717) is 41.9 Å². The van der Waals surface area contributed by atoms with Gasteiger partial charge in [0, 0.05) is 50.7 Å². The maximum Gasteiger partial charge on any atom is 0.263 e. The Labute approximate surface area is 209 Å². The largest absolute Gasteiger partial charge is 0.376 e. The fourth-order valence-electron chi connectivity index (χ4n) is 3.88. The number of hydrogen-bond donors (Lipinski definition) is 1. The Kier molecular flexibility index (Phi) is 7.07. The van der Waals surface area contributed by atoms with Crippen molar-refractivity contribution in [2.45, 2.75) is 38.3 Å².